The lowest BCUT2D eigenvalue weighted by Gasteiger charge is -2.12. The summed E-state index contributed by atoms with van der Waals surface area (Å²) in [6, 6.07) is 27.0. The molecule has 0 bridgehead atoms. The molecule has 3 aromatic carbocycles. The Kier molecular flexibility index (Phi) is 5.73. The van der Waals surface area contributed by atoms with E-state index in [-0.39, 0.29) is 5.25 Å². The van der Waals surface area contributed by atoms with Crippen LogP contribution in [0.4, 0.5) is 0 Å². The fourth-order valence-corrected chi connectivity index (χ4v) is 5.08. The Hall–Kier alpha value is -3.08. The van der Waals surface area contributed by atoms with Crippen LogP contribution in [0.15, 0.2) is 96.4 Å². The minimum absolute atomic E-state index is 0.259. The third-order valence-electron chi connectivity index (χ3n) is 5.62. The normalized spacial score (nSPS) is 12.2. The van der Waals surface area contributed by atoms with E-state index in [0.717, 1.165) is 43.5 Å². The van der Waals surface area contributed by atoms with Gasteiger partial charge in [0.15, 0.2) is 0 Å². The molecule has 5 heteroatoms. The number of hydrogen-bond acceptors (Lipinski definition) is 3. The molecule has 0 aliphatic rings. The van der Waals surface area contributed by atoms with E-state index < -0.39 is 0 Å². The van der Waals surface area contributed by atoms with Crippen LogP contribution in [0.3, 0.4) is 0 Å². The van der Waals surface area contributed by atoms with Crippen molar-refractivity contribution in [1.29, 1.82) is 0 Å². The van der Waals surface area contributed by atoms with E-state index in [0.29, 0.717) is 0 Å². The topological polar surface area (TPSA) is 30.7 Å². The molecule has 1 atom stereocenters. The van der Waals surface area contributed by atoms with Gasteiger partial charge in [0.2, 0.25) is 0 Å². The summed E-state index contributed by atoms with van der Waals surface area (Å²) in [4.78, 5) is 9.40. The summed E-state index contributed by atoms with van der Waals surface area (Å²) in [5.74, 6) is 0. The molecular weight excluding hydrogens is 434 g/mol. The predicted octanol–water partition coefficient (Wildman–Crippen LogP) is 7.90. The van der Waals surface area contributed by atoms with Gasteiger partial charge in [-0.05, 0) is 42.7 Å². The molecule has 2 aromatic heterocycles. The number of benzene rings is 3. The average molecular weight is 456 g/mol. The van der Waals surface area contributed by atoms with Gasteiger partial charge in [0.25, 0.3) is 0 Å². The summed E-state index contributed by atoms with van der Waals surface area (Å²) >= 11 is 8.22. The van der Waals surface area contributed by atoms with Crippen molar-refractivity contribution < 1.29 is 0 Å². The van der Waals surface area contributed by atoms with E-state index in [9.17, 15) is 0 Å². The third kappa shape index (κ3) is 3.92. The Morgan fingerprint density at radius 1 is 0.906 bits per heavy atom. The van der Waals surface area contributed by atoms with Crippen LogP contribution >= 0.6 is 23.4 Å². The Morgan fingerprint density at radius 2 is 1.62 bits per heavy atom. The lowest BCUT2D eigenvalue weighted by atomic mass is 10.1. The van der Waals surface area contributed by atoms with Crippen molar-refractivity contribution in [3.8, 4) is 16.8 Å². The van der Waals surface area contributed by atoms with E-state index in [4.69, 9.17) is 21.6 Å². The van der Waals surface area contributed by atoms with Gasteiger partial charge in [-0.15, -0.1) is 0 Å². The second-order valence-electron chi connectivity index (χ2n) is 7.76. The zero-order valence-corrected chi connectivity index (χ0v) is 19.4. The number of hydrogen-bond donors (Lipinski definition) is 0. The van der Waals surface area contributed by atoms with Crippen molar-refractivity contribution in [2.24, 2.45) is 0 Å². The fourth-order valence-electron chi connectivity index (χ4n) is 3.85. The zero-order valence-electron chi connectivity index (χ0n) is 17.9. The van der Waals surface area contributed by atoms with Crippen LogP contribution in [0, 0.1) is 6.92 Å². The number of rotatable bonds is 5. The highest BCUT2D eigenvalue weighted by Crippen LogP contribution is 2.41. The molecule has 0 aliphatic carbocycles. The Bertz CT molecular complexity index is 1380. The molecule has 0 amide bonds. The number of fused-ring (bicyclic) bond motifs is 1. The van der Waals surface area contributed by atoms with Crippen molar-refractivity contribution in [1.82, 2.24) is 14.5 Å². The zero-order chi connectivity index (χ0) is 22.1. The van der Waals surface area contributed by atoms with Crippen molar-refractivity contribution >= 4 is 34.4 Å². The first-order valence-electron chi connectivity index (χ1n) is 10.5. The van der Waals surface area contributed by atoms with Gasteiger partial charge in [0, 0.05) is 27.7 Å². The SMILES string of the molecule is Cc1ccc(-n2cc(-c3ccccc3)c3c(S[C@@H](C)c4ccccc4)ncnc32)cc1Cl. The molecule has 3 nitrogen and oxygen atoms in total. The molecule has 0 saturated carbocycles. The van der Waals surface area contributed by atoms with Gasteiger partial charge in [-0.3, -0.25) is 0 Å². The summed E-state index contributed by atoms with van der Waals surface area (Å²) in [6.45, 7) is 4.23. The maximum absolute atomic E-state index is 6.46. The Balaban J connectivity index is 1.70. The summed E-state index contributed by atoms with van der Waals surface area (Å²) < 4.78 is 2.11. The summed E-state index contributed by atoms with van der Waals surface area (Å²) in [6.07, 6.45) is 3.80. The first kappa shape index (κ1) is 20.8. The molecule has 5 aromatic rings. The van der Waals surface area contributed by atoms with Gasteiger partial charge in [-0.25, -0.2) is 9.97 Å². The standard InChI is InChI=1S/C27H22ClN3S/c1-18-13-14-22(15-24(18)28)31-16-23(21-11-7-4-8-12-21)25-26(31)29-17-30-27(25)32-19(2)20-9-5-3-6-10-20/h3-17,19H,1-2H3/t19-/m0/s1. The van der Waals surface area contributed by atoms with Crippen LogP contribution in [0.5, 0.6) is 0 Å². The second kappa shape index (κ2) is 8.81. The van der Waals surface area contributed by atoms with Crippen LogP contribution in [0.25, 0.3) is 27.8 Å². The van der Waals surface area contributed by atoms with Crippen molar-refractivity contribution in [3.05, 3.63) is 108 Å². The molecule has 0 aliphatic heterocycles. The predicted molar refractivity (Wildman–Crippen MR) is 135 cm³/mol. The van der Waals surface area contributed by atoms with Gasteiger partial charge in [-0.1, -0.05) is 90.1 Å². The molecule has 2 heterocycles. The molecular formula is C27H22ClN3S. The van der Waals surface area contributed by atoms with Crippen LogP contribution < -0.4 is 0 Å². The molecule has 0 N–H and O–H groups in total. The van der Waals surface area contributed by atoms with Gasteiger partial charge < -0.3 is 4.57 Å². The van der Waals surface area contributed by atoms with Crippen molar-refractivity contribution in [3.63, 3.8) is 0 Å². The van der Waals surface area contributed by atoms with Gasteiger partial charge in [-0.2, -0.15) is 0 Å². The van der Waals surface area contributed by atoms with Crippen molar-refractivity contribution in [2.75, 3.05) is 0 Å². The smallest absolute Gasteiger partial charge is 0.149 e. The molecule has 158 valence electrons. The summed E-state index contributed by atoms with van der Waals surface area (Å²) in [7, 11) is 0. The number of nitrogens with zero attached hydrogens (tertiary/aromatic N) is 3. The monoisotopic (exact) mass is 455 g/mol. The highest BCUT2D eigenvalue weighted by molar-refractivity contribution is 7.99. The summed E-state index contributed by atoms with van der Waals surface area (Å²) in [5.41, 5.74) is 6.44. The Morgan fingerprint density at radius 3 is 2.34 bits per heavy atom. The van der Waals surface area contributed by atoms with E-state index in [1.54, 1.807) is 18.1 Å². The number of halogens is 1. The highest BCUT2D eigenvalue weighted by atomic mass is 35.5. The lowest BCUT2D eigenvalue weighted by molar-refractivity contribution is 1.03. The summed E-state index contributed by atoms with van der Waals surface area (Å²) in [5, 5.41) is 3.03. The first-order chi connectivity index (χ1) is 15.6. The quantitative estimate of drug-likeness (QED) is 0.199. The molecule has 0 saturated heterocycles. The maximum Gasteiger partial charge on any atom is 0.149 e. The number of aromatic nitrogens is 3. The van der Waals surface area contributed by atoms with Crippen LogP contribution in [-0.4, -0.2) is 14.5 Å². The molecule has 0 unspecified atom stereocenters. The molecule has 5 rings (SSSR count). The Labute approximate surface area is 197 Å². The van der Waals surface area contributed by atoms with Crippen LogP contribution in [-0.2, 0) is 0 Å². The molecule has 0 spiro atoms. The van der Waals surface area contributed by atoms with Gasteiger partial charge >= 0.3 is 0 Å². The first-order valence-corrected chi connectivity index (χ1v) is 11.8. The van der Waals surface area contributed by atoms with Crippen molar-refractivity contribution in [2.45, 2.75) is 24.1 Å². The largest absolute Gasteiger partial charge is 0.301 e. The highest BCUT2D eigenvalue weighted by Gasteiger charge is 2.20. The number of aryl methyl sites for hydroxylation is 1. The van der Waals surface area contributed by atoms with Gasteiger partial charge in [0.05, 0.1) is 5.39 Å². The molecule has 0 radical (unpaired) electrons. The lowest BCUT2D eigenvalue weighted by Crippen LogP contribution is -1.96. The minimum Gasteiger partial charge on any atom is -0.301 e. The van der Waals surface area contributed by atoms with E-state index >= 15 is 0 Å². The fraction of sp³-hybridized carbons (Fsp3) is 0.111. The maximum atomic E-state index is 6.46. The average Bonchev–Trinajstić information content (AvgIpc) is 3.23. The van der Waals surface area contributed by atoms with E-state index in [2.05, 4.69) is 72.3 Å². The van der Waals surface area contributed by atoms with Crippen LogP contribution in [0.1, 0.15) is 23.3 Å². The molecule has 32 heavy (non-hydrogen) atoms. The number of thioether (sulfide) groups is 1. The van der Waals surface area contributed by atoms with Crippen LogP contribution in [0.2, 0.25) is 5.02 Å². The van der Waals surface area contributed by atoms with E-state index in [1.807, 2.05) is 31.2 Å². The minimum atomic E-state index is 0.259. The second-order valence-corrected chi connectivity index (χ2v) is 9.50. The molecule has 0 fully saturated rings. The third-order valence-corrected chi connectivity index (χ3v) is 7.19. The van der Waals surface area contributed by atoms with Gasteiger partial charge in [0.1, 0.15) is 17.0 Å². The van der Waals surface area contributed by atoms with E-state index in [1.165, 1.54) is 5.56 Å².